The molecule has 0 aliphatic heterocycles. The average Bonchev–Trinajstić information content (AvgIpc) is 1.43. The summed E-state index contributed by atoms with van der Waals surface area (Å²) in [6, 6.07) is 0. The molecule has 790 valence electrons. The molecular weight excluding hydrogens is 1620 g/mol. The molecule has 0 radical (unpaired) electrons. The Morgan fingerprint density at radius 2 is 0.526 bits per heavy atom. The van der Waals surface area contributed by atoms with E-state index in [2.05, 4.69) is 235 Å². The van der Waals surface area contributed by atoms with Gasteiger partial charge in [-0.2, -0.15) is 0 Å². The van der Waals surface area contributed by atoms with Crippen molar-refractivity contribution in [2.24, 2.45) is 230 Å². The van der Waals surface area contributed by atoms with Crippen molar-refractivity contribution in [3.8, 4) is 0 Å². The van der Waals surface area contributed by atoms with E-state index in [0.717, 1.165) is 164 Å². The van der Waals surface area contributed by atoms with E-state index in [4.69, 9.17) is 0 Å². The van der Waals surface area contributed by atoms with Crippen LogP contribution < -0.4 is 0 Å². The van der Waals surface area contributed by atoms with Gasteiger partial charge in [0.2, 0.25) is 0 Å². The maximum absolute atomic E-state index is 2.60. The van der Waals surface area contributed by atoms with Gasteiger partial charge in [0.15, 0.2) is 0 Å². The minimum Gasteiger partial charge on any atom is -0.0649 e. The zero-order valence-electron chi connectivity index (χ0n) is 99.1. The number of hydrogen-bond acceptors (Lipinski definition) is 0. The van der Waals surface area contributed by atoms with E-state index < -0.39 is 0 Å². The summed E-state index contributed by atoms with van der Waals surface area (Å²) >= 11 is 0. The first-order valence-electron chi connectivity index (χ1n) is 63.2. The molecule has 0 heterocycles. The fraction of sp³-hybridized carbons (Fsp3) is 1.00. The highest BCUT2D eigenvalue weighted by Gasteiger charge is 2.61. The highest BCUT2D eigenvalue weighted by atomic mass is 14.7. The van der Waals surface area contributed by atoms with Crippen LogP contribution in [0.2, 0.25) is 0 Å². The fourth-order valence-corrected chi connectivity index (χ4v) is 38.9. The smallest absolute Gasteiger partial charge is 0.0236 e. The van der Waals surface area contributed by atoms with Gasteiger partial charge in [-0.25, -0.2) is 0 Å². The minimum absolute atomic E-state index is 0.559. The molecule has 0 nitrogen and oxygen atoms in total. The molecule has 24 saturated carbocycles. The highest BCUT2D eigenvalue weighted by Crippen LogP contribution is 2.72. The van der Waals surface area contributed by atoms with Gasteiger partial charge in [-0.3, -0.25) is 0 Å². The van der Waals surface area contributed by atoms with Crippen LogP contribution in [0.3, 0.4) is 0 Å². The first kappa shape index (κ1) is 115. The maximum Gasteiger partial charge on any atom is -0.0236 e. The summed E-state index contributed by atoms with van der Waals surface area (Å²) in [6.07, 6.45) is 92.0. The van der Waals surface area contributed by atoms with Crippen LogP contribution in [0.25, 0.3) is 0 Å². The second kappa shape index (κ2) is 47.7. The molecule has 24 aliphatic carbocycles. The molecule has 24 rings (SSSR count). The summed E-state index contributed by atoms with van der Waals surface area (Å²) in [4.78, 5) is 0. The predicted octanol–water partition coefficient (Wildman–Crippen LogP) is 44.4. The van der Waals surface area contributed by atoms with Crippen molar-refractivity contribution < 1.29 is 0 Å². The molecule has 24 aliphatic rings. The zero-order valence-corrected chi connectivity index (χ0v) is 99.1. The van der Waals surface area contributed by atoms with Crippen LogP contribution in [-0.4, -0.2) is 0 Å². The van der Waals surface area contributed by atoms with Gasteiger partial charge in [-0.15, -0.1) is 0 Å². The van der Waals surface area contributed by atoms with Gasteiger partial charge < -0.3 is 0 Å². The van der Waals surface area contributed by atoms with E-state index in [1.54, 1.807) is 205 Å². The second-order valence-electron chi connectivity index (χ2n) is 63.3. The quantitative estimate of drug-likeness (QED) is 0.136. The summed E-state index contributed by atoms with van der Waals surface area (Å²) < 4.78 is 0. The molecule has 0 amide bonds. The molecule has 14 atom stereocenters. The monoisotopic (exact) mass is 1870 g/mol. The lowest BCUT2D eigenvalue weighted by atomic mass is 9.42. The van der Waals surface area contributed by atoms with E-state index in [9.17, 15) is 0 Å². The van der Waals surface area contributed by atoms with Gasteiger partial charge in [-0.1, -0.05) is 390 Å². The number of fused-ring (bicyclic) bond motifs is 11. The Bertz CT molecular complexity index is 3270. The first-order chi connectivity index (χ1) is 63.2. The Balaban J connectivity index is 0.000000144. The first-order valence-corrected chi connectivity index (χ1v) is 63.2. The summed E-state index contributed by atoms with van der Waals surface area (Å²) in [7, 11) is 0. The summed E-state index contributed by atoms with van der Waals surface area (Å²) in [5, 5.41) is 0. The van der Waals surface area contributed by atoms with E-state index in [0.29, 0.717) is 59.6 Å². The van der Waals surface area contributed by atoms with Crippen LogP contribution in [-0.2, 0) is 0 Å². The molecule has 0 N–H and O–H groups in total. The minimum atomic E-state index is 0.559. The Hall–Kier alpha value is 0. The Labute approximate surface area is 851 Å². The van der Waals surface area contributed by atoms with Gasteiger partial charge in [-0.05, 0) is 467 Å². The lowest BCUT2D eigenvalue weighted by Crippen LogP contribution is -2.53. The summed E-state index contributed by atoms with van der Waals surface area (Å²) in [5.74, 6) is 28.5. The van der Waals surface area contributed by atoms with Gasteiger partial charge in [0, 0.05) is 0 Å². The predicted molar refractivity (Wildman–Crippen MR) is 599 cm³/mol. The van der Waals surface area contributed by atoms with Crippen molar-refractivity contribution in [1.29, 1.82) is 0 Å². The molecule has 0 aromatic carbocycles. The average molecular weight is 1870 g/mol. The Morgan fingerprint density at radius 1 is 0.193 bits per heavy atom. The van der Waals surface area contributed by atoms with E-state index in [-0.39, 0.29) is 0 Å². The molecule has 0 spiro atoms. The summed E-state index contributed by atoms with van der Waals surface area (Å²) in [6.45, 7) is 82.2. The molecule has 0 aromatic rings. The van der Waals surface area contributed by atoms with Crippen LogP contribution in [0.4, 0.5) is 0 Å². The molecule has 20 bridgehead atoms. The normalized spacial score (nSPS) is 38.4. The SMILES string of the molecule is CC(C)(C)C12CC3CC(CC(C3)C1)C2.CC(C)(C)C1CC2CC1C1CCCC21.CC(C)(C)C1CC2CCC1C2.CC(C)(C)C1CCCCC1.CCC(C)(C)C12CC3CC(CC(C3)C1)C2.CCC(C)(C)C1CC2CCC1C2.CCC(C)(C)C1CCCCC1.CCC(C)(C)CC.CCC(C)(CC)C12CC3CC(CC(C3)C1)C2.CCC(C)(CC)C1CC2CCC1C2.CCC(C)(CC)C1CCCCC1. The van der Waals surface area contributed by atoms with Gasteiger partial charge in [0.25, 0.3) is 0 Å². The lowest BCUT2D eigenvalue weighted by molar-refractivity contribution is -0.128. The van der Waals surface area contributed by atoms with E-state index >= 15 is 0 Å². The molecule has 0 saturated heterocycles. The van der Waals surface area contributed by atoms with Gasteiger partial charge in [0.1, 0.15) is 0 Å². The third-order valence-electron chi connectivity index (χ3n) is 50.7. The summed E-state index contributed by atoms with van der Waals surface area (Å²) in [5.41, 5.74) is 8.91. The van der Waals surface area contributed by atoms with Crippen LogP contribution in [0, 0.1) is 230 Å². The standard InChI is InChI=1S/C16H28.C15H26.2C14H24.C13H24.C12H22.C12H24.C11H20.C11H22.C10H20.C7H16/c1-4-15(3,5-2)16-9-12-6-13(10-16)8-14(7-12)11-16;1-4-14(2,3)15-8-11-5-12(9-15)7-13(6-11)10-15;1-13(2,3)14-7-10-4-11(8-14)6-12(5-10)9-14;1-14(2,3)13-8-9-7-12(13)11-6-4-5-10(9)11;1-4-13(3,5-2)12-9-10-6-7-11(12)8-10;1-4-12(2,3)11-8-9-5-6-10(11)7-9;1-4-12(3,5-2)11-9-7-6-8-10-11;1-11(2,3)10-7-8-4-5-9(10)6-8;1-4-11(2,3)10-8-6-5-7-9-10;1-10(2,3)9-7-5-4-6-8-9;1-5-7(3,4)6-2/h12-14H,4-11H2,1-3H3;11-13H,4-10H2,1-3H3;10-12H,4-9H2,1-3H3;9-13H,4-8H2,1-3H3;10-12H,4-9H2,1-3H3;9-11H,4-8H2,1-3H3;11H,4-10H2,1-3H3;8-10H,4-7H2,1-3H3;10H,4-9H2,1-3H3;9H,4-8H2,1-3H3;5-6H2,1-4H3. The third-order valence-corrected chi connectivity index (χ3v) is 50.7. The van der Waals surface area contributed by atoms with Crippen molar-refractivity contribution in [2.45, 2.75) is 627 Å². The molecular formula is C135H250. The van der Waals surface area contributed by atoms with Gasteiger partial charge in [0.05, 0.1) is 0 Å². The highest BCUT2D eigenvalue weighted by molar-refractivity contribution is 5.12. The van der Waals surface area contributed by atoms with Crippen molar-refractivity contribution in [1.82, 2.24) is 0 Å². The van der Waals surface area contributed by atoms with E-state index in [1.165, 1.54) is 192 Å². The third kappa shape index (κ3) is 28.1. The second-order valence-corrected chi connectivity index (χ2v) is 63.3. The van der Waals surface area contributed by atoms with Crippen LogP contribution >= 0.6 is 0 Å². The molecule has 24 fully saturated rings. The number of hydrogen-bond donors (Lipinski definition) is 0. The van der Waals surface area contributed by atoms with Crippen molar-refractivity contribution in [3.63, 3.8) is 0 Å². The van der Waals surface area contributed by atoms with Crippen LogP contribution in [0.1, 0.15) is 627 Å². The van der Waals surface area contributed by atoms with Crippen molar-refractivity contribution >= 4 is 0 Å². The molecule has 0 aromatic heterocycles. The maximum atomic E-state index is 2.60. The Kier molecular flexibility index (Phi) is 40.7. The molecule has 0 heteroatoms. The van der Waals surface area contributed by atoms with E-state index in [1.807, 2.05) is 0 Å². The van der Waals surface area contributed by atoms with Crippen LogP contribution in [0.15, 0.2) is 0 Å². The lowest BCUT2D eigenvalue weighted by Gasteiger charge is -2.63. The van der Waals surface area contributed by atoms with Crippen LogP contribution in [0.5, 0.6) is 0 Å². The topological polar surface area (TPSA) is 0 Å². The fourth-order valence-electron chi connectivity index (χ4n) is 38.9. The van der Waals surface area contributed by atoms with Crippen molar-refractivity contribution in [2.75, 3.05) is 0 Å². The van der Waals surface area contributed by atoms with Gasteiger partial charge >= 0.3 is 0 Å². The van der Waals surface area contributed by atoms with Crippen molar-refractivity contribution in [3.05, 3.63) is 0 Å². The Morgan fingerprint density at radius 3 is 0.807 bits per heavy atom. The molecule has 14 unspecified atom stereocenters. The molecule has 135 heavy (non-hydrogen) atoms. The largest absolute Gasteiger partial charge is 0.0649 e. The zero-order chi connectivity index (χ0) is 99.1. The number of rotatable bonds is 17.